The molecule has 6 nitrogen and oxygen atoms in total. The lowest BCUT2D eigenvalue weighted by atomic mass is 10.1. The number of aryl methyl sites for hydroxylation is 1. The Hall–Kier alpha value is -2.86. The summed E-state index contributed by atoms with van der Waals surface area (Å²) in [4.78, 5) is 37.7. The topological polar surface area (TPSA) is 78.5 Å². The molecule has 1 saturated heterocycles. The van der Waals surface area contributed by atoms with Gasteiger partial charge in [0.05, 0.1) is 5.92 Å². The van der Waals surface area contributed by atoms with Crippen molar-refractivity contribution in [3.05, 3.63) is 53.1 Å². The van der Waals surface area contributed by atoms with Crippen LogP contribution >= 0.6 is 11.6 Å². The monoisotopic (exact) mass is 385 g/mol. The maximum Gasteiger partial charge on any atom is 0.229 e. The highest BCUT2D eigenvalue weighted by Gasteiger charge is 2.35. The summed E-state index contributed by atoms with van der Waals surface area (Å²) in [7, 11) is 0. The second kappa shape index (κ2) is 7.80. The van der Waals surface area contributed by atoms with Gasteiger partial charge in [-0.1, -0.05) is 23.7 Å². The van der Waals surface area contributed by atoms with Gasteiger partial charge in [0, 0.05) is 42.0 Å². The van der Waals surface area contributed by atoms with Crippen LogP contribution in [0, 0.1) is 12.8 Å². The van der Waals surface area contributed by atoms with Gasteiger partial charge in [0.2, 0.25) is 17.7 Å². The molecule has 0 bridgehead atoms. The van der Waals surface area contributed by atoms with Crippen molar-refractivity contribution < 1.29 is 14.4 Å². The molecule has 0 aromatic heterocycles. The zero-order valence-electron chi connectivity index (χ0n) is 15.1. The first kappa shape index (κ1) is 18.9. The van der Waals surface area contributed by atoms with Gasteiger partial charge in [0.1, 0.15) is 0 Å². The number of halogens is 1. The van der Waals surface area contributed by atoms with Crippen molar-refractivity contribution in [2.24, 2.45) is 5.92 Å². The standard InChI is InChI=1S/C20H20ClN3O3/c1-12-6-7-17(10-18(12)21)24-11-14(8-19(24)26)20(27)23-16-5-3-4-15(9-16)22-13(2)25/h3-7,9-10,14H,8,11H2,1-2H3,(H,22,25)(H,23,27). The molecule has 0 aliphatic carbocycles. The minimum Gasteiger partial charge on any atom is -0.326 e. The van der Waals surface area contributed by atoms with Gasteiger partial charge in [0.25, 0.3) is 0 Å². The third kappa shape index (κ3) is 4.46. The molecule has 0 spiro atoms. The number of amides is 3. The zero-order valence-corrected chi connectivity index (χ0v) is 15.8. The van der Waals surface area contributed by atoms with Crippen LogP contribution in [0.5, 0.6) is 0 Å². The van der Waals surface area contributed by atoms with Gasteiger partial charge in [0.15, 0.2) is 0 Å². The summed E-state index contributed by atoms with van der Waals surface area (Å²) in [6.07, 6.45) is 0.142. The average Bonchev–Trinajstić information content (AvgIpc) is 2.99. The Morgan fingerprint density at radius 1 is 1.11 bits per heavy atom. The summed E-state index contributed by atoms with van der Waals surface area (Å²) < 4.78 is 0. The van der Waals surface area contributed by atoms with Gasteiger partial charge in [-0.05, 0) is 42.8 Å². The van der Waals surface area contributed by atoms with E-state index in [0.29, 0.717) is 28.6 Å². The van der Waals surface area contributed by atoms with Gasteiger partial charge >= 0.3 is 0 Å². The van der Waals surface area contributed by atoms with Crippen molar-refractivity contribution in [3.8, 4) is 0 Å². The average molecular weight is 386 g/mol. The summed E-state index contributed by atoms with van der Waals surface area (Å²) in [5.74, 6) is -0.986. The minimum absolute atomic E-state index is 0.109. The second-order valence-electron chi connectivity index (χ2n) is 6.59. The van der Waals surface area contributed by atoms with E-state index in [2.05, 4.69) is 10.6 Å². The molecule has 1 atom stereocenters. The van der Waals surface area contributed by atoms with Crippen LogP contribution in [0.25, 0.3) is 0 Å². The van der Waals surface area contributed by atoms with Gasteiger partial charge in [-0.2, -0.15) is 0 Å². The van der Waals surface area contributed by atoms with Crippen LogP contribution < -0.4 is 15.5 Å². The number of anilines is 3. The predicted octanol–water partition coefficient (Wildman–Crippen LogP) is 3.60. The van der Waals surface area contributed by atoms with Crippen LogP contribution in [0.15, 0.2) is 42.5 Å². The van der Waals surface area contributed by atoms with E-state index in [-0.39, 0.29) is 24.1 Å². The molecule has 2 aromatic rings. The first-order valence-corrected chi connectivity index (χ1v) is 8.96. The largest absolute Gasteiger partial charge is 0.326 e. The van der Waals surface area contributed by atoms with Crippen molar-refractivity contribution in [2.75, 3.05) is 22.1 Å². The highest BCUT2D eigenvalue weighted by Crippen LogP contribution is 2.29. The molecule has 3 rings (SSSR count). The summed E-state index contributed by atoms with van der Waals surface area (Å²) in [6.45, 7) is 3.61. The van der Waals surface area contributed by atoms with Crippen LogP contribution in [0.4, 0.5) is 17.1 Å². The fourth-order valence-electron chi connectivity index (χ4n) is 3.00. The summed E-state index contributed by atoms with van der Waals surface area (Å²) >= 11 is 6.15. The Labute approximate surface area is 162 Å². The first-order chi connectivity index (χ1) is 12.8. The van der Waals surface area contributed by atoms with E-state index in [1.807, 2.05) is 19.1 Å². The zero-order chi connectivity index (χ0) is 19.6. The van der Waals surface area contributed by atoms with Crippen molar-refractivity contribution in [2.45, 2.75) is 20.3 Å². The number of carbonyl (C=O) groups excluding carboxylic acids is 3. The Morgan fingerprint density at radius 3 is 2.48 bits per heavy atom. The molecule has 27 heavy (non-hydrogen) atoms. The number of hydrogen-bond donors (Lipinski definition) is 2. The predicted molar refractivity (Wildman–Crippen MR) is 106 cm³/mol. The number of carbonyl (C=O) groups is 3. The second-order valence-corrected chi connectivity index (χ2v) is 7.00. The van der Waals surface area contributed by atoms with E-state index in [1.165, 1.54) is 6.92 Å². The molecule has 1 unspecified atom stereocenters. The maximum atomic E-state index is 12.6. The first-order valence-electron chi connectivity index (χ1n) is 8.58. The maximum absolute atomic E-state index is 12.6. The third-order valence-electron chi connectivity index (χ3n) is 4.41. The number of rotatable bonds is 4. The Balaban J connectivity index is 1.69. The van der Waals surface area contributed by atoms with E-state index in [1.54, 1.807) is 35.2 Å². The fraction of sp³-hybridized carbons (Fsp3) is 0.250. The SMILES string of the molecule is CC(=O)Nc1cccc(NC(=O)C2CC(=O)N(c3ccc(C)c(Cl)c3)C2)c1. The van der Waals surface area contributed by atoms with E-state index < -0.39 is 5.92 Å². The smallest absolute Gasteiger partial charge is 0.229 e. The van der Waals surface area contributed by atoms with Crippen molar-refractivity contribution >= 4 is 46.4 Å². The molecule has 7 heteroatoms. The highest BCUT2D eigenvalue weighted by atomic mass is 35.5. The molecule has 1 aliphatic heterocycles. The third-order valence-corrected chi connectivity index (χ3v) is 4.82. The number of benzene rings is 2. The van der Waals surface area contributed by atoms with Crippen LogP contribution in [-0.4, -0.2) is 24.3 Å². The fourth-order valence-corrected chi connectivity index (χ4v) is 3.18. The number of hydrogen-bond acceptors (Lipinski definition) is 3. The van der Waals surface area contributed by atoms with E-state index in [9.17, 15) is 14.4 Å². The molecule has 1 heterocycles. The van der Waals surface area contributed by atoms with E-state index in [0.717, 1.165) is 5.56 Å². The van der Waals surface area contributed by atoms with Gasteiger partial charge in [-0.15, -0.1) is 0 Å². The molecule has 2 N–H and O–H groups in total. The molecule has 2 aromatic carbocycles. The van der Waals surface area contributed by atoms with Gasteiger partial charge in [-0.25, -0.2) is 0 Å². The molecule has 0 saturated carbocycles. The number of nitrogens with one attached hydrogen (secondary N) is 2. The van der Waals surface area contributed by atoms with Crippen LogP contribution in [0.3, 0.4) is 0 Å². The summed E-state index contributed by atoms with van der Waals surface area (Å²) in [5, 5.41) is 6.07. The normalized spacial score (nSPS) is 16.3. The quantitative estimate of drug-likeness (QED) is 0.844. The van der Waals surface area contributed by atoms with Gasteiger partial charge in [-0.3, -0.25) is 14.4 Å². The minimum atomic E-state index is -0.456. The van der Waals surface area contributed by atoms with E-state index in [4.69, 9.17) is 11.6 Å². The van der Waals surface area contributed by atoms with Crippen molar-refractivity contribution in [1.29, 1.82) is 0 Å². The Morgan fingerprint density at radius 2 is 1.81 bits per heavy atom. The Kier molecular flexibility index (Phi) is 5.46. The molecular weight excluding hydrogens is 366 g/mol. The lowest BCUT2D eigenvalue weighted by Gasteiger charge is -2.17. The van der Waals surface area contributed by atoms with Crippen LogP contribution in [0.1, 0.15) is 18.9 Å². The molecular formula is C20H20ClN3O3. The molecule has 140 valence electrons. The molecule has 0 radical (unpaired) electrons. The van der Waals surface area contributed by atoms with Gasteiger partial charge < -0.3 is 15.5 Å². The van der Waals surface area contributed by atoms with E-state index >= 15 is 0 Å². The Bertz CT molecular complexity index is 913. The van der Waals surface area contributed by atoms with Crippen LogP contribution in [0.2, 0.25) is 5.02 Å². The molecule has 1 fully saturated rings. The van der Waals surface area contributed by atoms with Crippen molar-refractivity contribution in [1.82, 2.24) is 0 Å². The molecule has 1 aliphatic rings. The van der Waals surface area contributed by atoms with Crippen molar-refractivity contribution in [3.63, 3.8) is 0 Å². The highest BCUT2D eigenvalue weighted by molar-refractivity contribution is 6.31. The number of nitrogens with zero attached hydrogens (tertiary/aromatic N) is 1. The molecule has 3 amide bonds. The van der Waals surface area contributed by atoms with Crippen LogP contribution in [-0.2, 0) is 14.4 Å². The lowest BCUT2D eigenvalue weighted by molar-refractivity contribution is -0.122. The lowest BCUT2D eigenvalue weighted by Crippen LogP contribution is -2.28. The summed E-state index contributed by atoms with van der Waals surface area (Å²) in [6, 6.07) is 12.3. The summed E-state index contributed by atoms with van der Waals surface area (Å²) in [5.41, 5.74) is 2.79.